The Kier molecular flexibility index (Phi) is 6.71. The van der Waals surface area contributed by atoms with Crippen molar-refractivity contribution in [2.75, 3.05) is 39.0 Å². The number of anilines is 1. The normalized spacial score (nSPS) is 20.9. The Labute approximate surface area is 240 Å². The van der Waals surface area contributed by atoms with E-state index in [2.05, 4.69) is 63.5 Å². The quantitative estimate of drug-likeness (QED) is 0.296. The molecule has 0 unspecified atom stereocenters. The van der Waals surface area contributed by atoms with Crippen LogP contribution in [0.4, 0.5) is 5.82 Å². The monoisotopic (exact) mass is 550 g/mol. The van der Waals surface area contributed by atoms with Crippen LogP contribution in [0.3, 0.4) is 0 Å². The van der Waals surface area contributed by atoms with Crippen molar-refractivity contribution in [1.29, 1.82) is 0 Å². The van der Waals surface area contributed by atoms with Crippen LogP contribution >= 0.6 is 0 Å². The standard InChI is InChI=1S/C32H38N8O/c1-20(2)25-5-4-6-26-29(25)41-32(36-26)22-9-7-21(8-10-22)28-27-30(33)34-19-35-31(27)40(37-28)24-13-11-23(12-14-24)39-17-15-38(3)16-18-39/h4-10,19-20,23-24H,11-18H2,1-3H3,(H2,33,34,35). The Hall–Kier alpha value is -3.82. The highest BCUT2D eigenvalue weighted by atomic mass is 16.3. The van der Waals surface area contributed by atoms with Crippen molar-refractivity contribution in [3.63, 3.8) is 0 Å². The fraction of sp³-hybridized carbons (Fsp3) is 0.438. The lowest BCUT2D eigenvalue weighted by Crippen LogP contribution is -2.49. The molecule has 1 saturated carbocycles. The maximum absolute atomic E-state index is 6.43. The Morgan fingerprint density at radius 2 is 1.59 bits per heavy atom. The molecule has 2 aromatic carbocycles. The molecule has 0 bridgehead atoms. The van der Waals surface area contributed by atoms with Crippen molar-refractivity contribution in [2.45, 2.75) is 57.5 Å². The minimum Gasteiger partial charge on any atom is -0.436 e. The van der Waals surface area contributed by atoms with Gasteiger partial charge in [-0.25, -0.2) is 19.6 Å². The van der Waals surface area contributed by atoms with Gasteiger partial charge in [-0.2, -0.15) is 5.10 Å². The first kappa shape index (κ1) is 26.1. The lowest BCUT2D eigenvalue weighted by molar-refractivity contribution is 0.0815. The van der Waals surface area contributed by atoms with E-state index in [1.807, 2.05) is 24.3 Å². The number of nitrogens with two attached hydrogens (primary N) is 1. The molecule has 9 heteroatoms. The Bertz CT molecular complexity index is 1670. The summed E-state index contributed by atoms with van der Waals surface area (Å²) in [6.45, 7) is 9.00. The number of nitrogens with zero attached hydrogens (tertiary/aromatic N) is 7. The molecular formula is C32H38N8O. The zero-order valence-electron chi connectivity index (χ0n) is 24.1. The molecule has 3 aromatic heterocycles. The van der Waals surface area contributed by atoms with Crippen LogP contribution in [0.5, 0.6) is 0 Å². The van der Waals surface area contributed by atoms with Crippen LogP contribution in [0, 0.1) is 0 Å². The van der Waals surface area contributed by atoms with Crippen LogP contribution in [0.2, 0.25) is 0 Å². The van der Waals surface area contributed by atoms with E-state index >= 15 is 0 Å². The number of aromatic nitrogens is 5. The lowest BCUT2D eigenvalue weighted by atomic mass is 9.90. The molecule has 4 heterocycles. The molecule has 7 rings (SSSR count). The Morgan fingerprint density at radius 1 is 0.878 bits per heavy atom. The van der Waals surface area contributed by atoms with Gasteiger partial charge < -0.3 is 15.1 Å². The molecule has 9 nitrogen and oxygen atoms in total. The maximum atomic E-state index is 6.43. The van der Waals surface area contributed by atoms with Gasteiger partial charge in [-0.05, 0) is 62.4 Å². The second-order valence-corrected chi connectivity index (χ2v) is 12.0. The van der Waals surface area contributed by atoms with Gasteiger partial charge in [0.05, 0.1) is 11.4 Å². The minimum atomic E-state index is 0.304. The van der Waals surface area contributed by atoms with E-state index in [-0.39, 0.29) is 0 Å². The van der Waals surface area contributed by atoms with Crippen LogP contribution in [-0.4, -0.2) is 73.8 Å². The van der Waals surface area contributed by atoms with Crippen LogP contribution in [0.15, 0.2) is 53.2 Å². The number of hydrogen-bond donors (Lipinski definition) is 1. The number of likely N-dealkylation sites (N-methyl/N-ethyl adjacent to an activating group) is 1. The SMILES string of the molecule is CC(C)c1cccc2nc(-c3ccc(-c4nn(C5CCC(N6CCN(C)CC6)CC5)c5ncnc(N)c45)cc3)oc12. The topological polar surface area (TPSA) is 102 Å². The Morgan fingerprint density at radius 3 is 2.32 bits per heavy atom. The fourth-order valence-corrected chi connectivity index (χ4v) is 6.63. The van der Waals surface area contributed by atoms with Crippen LogP contribution in [0.1, 0.15) is 57.1 Å². The van der Waals surface area contributed by atoms with Gasteiger partial charge in [0.25, 0.3) is 0 Å². The van der Waals surface area contributed by atoms with Gasteiger partial charge in [-0.1, -0.05) is 38.1 Å². The molecule has 0 atom stereocenters. The summed E-state index contributed by atoms with van der Waals surface area (Å²) >= 11 is 0. The summed E-state index contributed by atoms with van der Waals surface area (Å²) in [5.74, 6) is 1.45. The molecule has 1 aliphatic carbocycles. The van der Waals surface area contributed by atoms with Crippen molar-refractivity contribution in [1.82, 2.24) is 34.5 Å². The first-order chi connectivity index (χ1) is 20.0. The van der Waals surface area contributed by atoms with Gasteiger partial charge in [0.1, 0.15) is 23.4 Å². The molecule has 41 heavy (non-hydrogen) atoms. The lowest BCUT2D eigenvalue weighted by Gasteiger charge is -2.41. The van der Waals surface area contributed by atoms with E-state index < -0.39 is 0 Å². The van der Waals surface area contributed by atoms with Gasteiger partial charge in [0, 0.05) is 43.3 Å². The van der Waals surface area contributed by atoms with Crippen molar-refractivity contribution in [3.8, 4) is 22.7 Å². The van der Waals surface area contributed by atoms with E-state index in [9.17, 15) is 0 Å². The number of piperazine rings is 1. The number of para-hydroxylation sites is 1. The summed E-state index contributed by atoms with van der Waals surface area (Å²) in [5.41, 5.74) is 12.9. The van der Waals surface area contributed by atoms with Crippen LogP contribution in [-0.2, 0) is 0 Å². The first-order valence-electron chi connectivity index (χ1n) is 14.9. The van der Waals surface area contributed by atoms with Crippen molar-refractivity contribution >= 4 is 28.0 Å². The minimum absolute atomic E-state index is 0.304. The molecule has 1 aliphatic heterocycles. The average molecular weight is 551 g/mol. The Balaban J connectivity index is 1.17. The van der Waals surface area contributed by atoms with Crippen molar-refractivity contribution in [2.24, 2.45) is 0 Å². The van der Waals surface area contributed by atoms with Crippen LogP contribution in [0.25, 0.3) is 44.8 Å². The maximum Gasteiger partial charge on any atom is 0.227 e. The van der Waals surface area contributed by atoms with E-state index in [0.29, 0.717) is 29.7 Å². The molecule has 0 spiro atoms. The summed E-state index contributed by atoms with van der Waals surface area (Å²) in [6.07, 6.45) is 6.10. The van der Waals surface area contributed by atoms with Gasteiger partial charge in [0.2, 0.25) is 5.89 Å². The molecule has 5 aromatic rings. The highest BCUT2D eigenvalue weighted by Gasteiger charge is 2.30. The zero-order valence-corrected chi connectivity index (χ0v) is 24.1. The number of nitrogen functional groups attached to an aromatic ring is 1. The smallest absolute Gasteiger partial charge is 0.227 e. The summed E-state index contributed by atoms with van der Waals surface area (Å²) in [7, 11) is 2.22. The molecule has 2 N–H and O–H groups in total. The van der Waals surface area contributed by atoms with Gasteiger partial charge in [-0.15, -0.1) is 0 Å². The van der Waals surface area contributed by atoms with Crippen molar-refractivity contribution in [3.05, 3.63) is 54.4 Å². The highest BCUT2D eigenvalue weighted by molar-refractivity contribution is 5.98. The molecule has 2 aliphatic rings. The van der Waals surface area contributed by atoms with Crippen molar-refractivity contribution < 1.29 is 4.42 Å². The molecule has 0 amide bonds. The number of benzene rings is 2. The number of fused-ring (bicyclic) bond motifs is 2. The van der Waals surface area contributed by atoms with Gasteiger partial charge in [-0.3, -0.25) is 4.90 Å². The highest BCUT2D eigenvalue weighted by Crippen LogP contribution is 2.38. The predicted octanol–water partition coefficient (Wildman–Crippen LogP) is 5.74. The second-order valence-electron chi connectivity index (χ2n) is 12.0. The number of oxazole rings is 1. The third-order valence-electron chi connectivity index (χ3n) is 9.06. The summed E-state index contributed by atoms with van der Waals surface area (Å²) < 4.78 is 8.36. The fourth-order valence-electron chi connectivity index (χ4n) is 6.63. The predicted molar refractivity (Wildman–Crippen MR) is 163 cm³/mol. The molecule has 1 saturated heterocycles. The summed E-state index contributed by atoms with van der Waals surface area (Å²) in [4.78, 5) is 18.9. The van der Waals surface area contributed by atoms with E-state index in [1.165, 1.54) is 31.5 Å². The molecule has 0 radical (unpaired) electrons. The molecule has 2 fully saturated rings. The largest absolute Gasteiger partial charge is 0.436 e. The van der Waals surface area contributed by atoms with E-state index in [1.54, 1.807) is 6.33 Å². The number of rotatable bonds is 5. The summed E-state index contributed by atoms with van der Waals surface area (Å²) in [5, 5.41) is 5.96. The second kappa shape index (κ2) is 10.5. The van der Waals surface area contributed by atoms with Gasteiger partial charge >= 0.3 is 0 Å². The van der Waals surface area contributed by atoms with Crippen LogP contribution < -0.4 is 5.73 Å². The molecular weight excluding hydrogens is 512 g/mol. The first-order valence-corrected chi connectivity index (χ1v) is 14.9. The van der Waals surface area contributed by atoms with E-state index in [0.717, 1.165) is 64.9 Å². The number of hydrogen-bond acceptors (Lipinski definition) is 8. The third-order valence-corrected chi connectivity index (χ3v) is 9.06. The third kappa shape index (κ3) is 4.77. The zero-order chi connectivity index (χ0) is 28.1. The summed E-state index contributed by atoms with van der Waals surface area (Å²) in [6, 6.07) is 15.3. The van der Waals surface area contributed by atoms with E-state index in [4.69, 9.17) is 20.2 Å². The molecule has 212 valence electrons. The average Bonchev–Trinajstić information content (AvgIpc) is 3.61. The van der Waals surface area contributed by atoms with Gasteiger partial charge in [0.15, 0.2) is 11.2 Å².